The van der Waals surface area contributed by atoms with Crippen LogP contribution in [0.2, 0.25) is 5.02 Å². The van der Waals surface area contributed by atoms with Gasteiger partial charge < -0.3 is 4.74 Å². The van der Waals surface area contributed by atoms with Gasteiger partial charge in [0, 0.05) is 19.2 Å². The Bertz CT molecular complexity index is 1230. The van der Waals surface area contributed by atoms with Crippen molar-refractivity contribution >= 4 is 22.9 Å². The lowest BCUT2D eigenvalue weighted by atomic mass is 10.3. The van der Waals surface area contributed by atoms with Crippen LogP contribution in [0.4, 0.5) is 26.3 Å². The number of benzene rings is 1. The zero-order valence-corrected chi connectivity index (χ0v) is 15.9. The van der Waals surface area contributed by atoms with Gasteiger partial charge in [-0.05, 0) is 12.1 Å². The van der Waals surface area contributed by atoms with Crippen LogP contribution in [-0.4, -0.2) is 19.3 Å². The molecule has 7 nitrogen and oxygen atoms in total. The van der Waals surface area contributed by atoms with E-state index in [2.05, 4.69) is 10.2 Å². The maximum Gasteiger partial charge on any atom is 0.445 e. The van der Waals surface area contributed by atoms with Crippen molar-refractivity contribution in [3.05, 3.63) is 60.8 Å². The lowest BCUT2D eigenvalue weighted by molar-refractivity contribution is -0.144. The second-order valence-corrected chi connectivity index (χ2v) is 6.98. The van der Waals surface area contributed by atoms with Gasteiger partial charge in [-0.2, -0.15) is 26.3 Å². The normalized spacial score (nSPS) is 12.3. The van der Waals surface area contributed by atoms with Crippen LogP contribution in [0.15, 0.2) is 33.9 Å². The fourth-order valence-corrected chi connectivity index (χ4v) is 3.04. The molecule has 30 heavy (non-hydrogen) atoms. The van der Waals surface area contributed by atoms with E-state index >= 15 is 0 Å². The molecule has 0 unspecified atom stereocenters. The molecule has 0 amide bonds. The molecule has 2 aromatic heterocycles. The summed E-state index contributed by atoms with van der Waals surface area (Å²) in [4.78, 5) is 24.5. The molecule has 160 valence electrons. The van der Waals surface area contributed by atoms with E-state index in [1.807, 2.05) is 0 Å². The van der Waals surface area contributed by atoms with Crippen LogP contribution in [-0.2, 0) is 19.4 Å². The van der Waals surface area contributed by atoms with Crippen LogP contribution in [0, 0.1) is 0 Å². The van der Waals surface area contributed by atoms with Crippen LogP contribution in [0.1, 0.15) is 10.7 Å². The number of hydrogen-bond donors (Lipinski definition) is 0. The van der Waals surface area contributed by atoms with Crippen molar-refractivity contribution in [2.24, 2.45) is 7.05 Å². The van der Waals surface area contributed by atoms with Crippen molar-refractivity contribution in [1.82, 2.24) is 19.3 Å². The number of aromatic nitrogens is 4. The summed E-state index contributed by atoms with van der Waals surface area (Å²) in [6.07, 6.45) is -9.68. The summed E-state index contributed by atoms with van der Waals surface area (Å²) in [6, 6.07) is 3.51. The van der Waals surface area contributed by atoms with Crippen LogP contribution in [0.3, 0.4) is 0 Å². The van der Waals surface area contributed by atoms with E-state index in [4.69, 9.17) is 16.3 Å². The van der Waals surface area contributed by atoms with Gasteiger partial charge in [-0.15, -0.1) is 5.10 Å². The fraction of sp³-hybridized carbons (Fsp3) is 0.200. The summed E-state index contributed by atoms with van der Waals surface area (Å²) in [7, 11) is 0.828. The molecular weight excluding hydrogens is 466 g/mol. The quantitative estimate of drug-likeness (QED) is 0.541. The highest BCUT2D eigenvalue weighted by Crippen LogP contribution is 2.37. The molecular formula is C15H7ClF6N4O3S. The number of ether oxygens (including phenoxy) is 1. The molecule has 2 heterocycles. The summed E-state index contributed by atoms with van der Waals surface area (Å²) in [6.45, 7) is 0. The van der Waals surface area contributed by atoms with E-state index < -0.39 is 39.5 Å². The smallest absolute Gasteiger partial charge is 0.428 e. The first kappa shape index (κ1) is 21.8. The maximum atomic E-state index is 13.0. The maximum absolute atomic E-state index is 13.0. The Balaban J connectivity index is 2.06. The van der Waals surface area contributed by atoms with Crippen LogP contribution >= 0.6 is 22.9 Å². The van der Waals surface area contributed by atoms with Gasteiger partial charge in [-0.1, -0.05) is 28.0 Å². The molecule has 1 aromatic carbocycles. The van der Waals surface area contributed by atoms with Gasteiger partial charge in [0.05, 0.1) is 10.7 Å². The molecule has 0 atom stereocenters. The largest absolute Gasteiger partial charge is 0.445 e. The molecule has 0 saturated heterocycles. The van der Waals surface area contributed by atoms with Gasteiger partial charge >= 0.3 is 18.0 Å². The highest BCUT2D eigenvalue weighted by molar-refractivity contribution is 7.13. The average Bonchev–Trinajstić information content (AvgIpc) is 3.09. The lowest BCUT2D eigenvalue weighted by Gasteiger charge is -2.14. The topological polar surface area (TPSA) is 79.0 Å². The second kappa shape index (κ2) is 7.43. The van der Waals surface area contributed by atoms with Crippen LogP contribution in [0.25, 0.3) is 5.69 Å². The Morgan fingerprint density at radius 3 is 2.27 bits per heavy atom. The van der Waals surface area contributed by atoms with E-state index in [1.54, 1.807) is 0 Å². The van der Waals surface area contributed by atoms with Gasteiger partial charge in [0.25, 0.3) is 10.8 Å². The first-order valence-corrected chi connectivity index (χ1v) is 8.77. The molecule has 3 aromatic rings. The minimum atomic E-state index is -4.94. The predicted molar refractivity (Wildman–Crippen MR) is 92.3 cm³/mol. The first-order chi connectivity index (χ1) is 13.8. The van der Waals surface area contributed by atoms with E-state index in [-0.39, 0.29) is 38.4 Å². The summed E-state index contributed by atoms with van der Waals surface area (Å²) < 4.78 is 82.5. The van der Waals surface area contributed by atoms with Crippen LogP contribution in [0.5, 0.6) is 10.9 Å². The SMILES string of the molecule is Cn1c(C(F)(F)F)cc(=O)n(-c2ccc(Cl)c(Oc3nnc(C(F)(F)F)s3)c2)c1=O. The third-order valence-corrected chi connectivity index (χ3v) is 4.79. The summed E-state index contributed by atoms with van der Waals surface area (Å²) in [5.74, 6) is -0.298. The molecule has 0 aliphatic heterocycles. The third kappa shape index (κ3) is 4.18. The Kier molecular flexibility index (Phi) is 5.41. The Labute approximate surface area is 170 Å². The third-order valence-electron chi connectivity index (χ3n) is 3.63. The van der Waals surface area contributed by atoms with Gasteiger partial charge in [-0.3, -0.25) is 9.36 Å². The molecule has 0 aliphatic rings. The molecule has 0 N–H and O–H groups in total. The standard InChI is InChI=1S/C15H7ClF6N4O3S/c1-25-9(14(17,18)19)5-10(27)26(13(25)28)6-2-3-7(16)8(4-6)29-12-24-23-11(30-12)15(20,21)22/h2-5H,1H3. The predicted octanol–water partition coefficient (Wildman–Crippen LogP) is 3.87. The van der Waals surface area contributed by atoms with Gasteiger partial charge in [0.2, 0.25) is 5.01 Å². The van der Waals surface area contributed by atoms with Crippen molar-refractivity contribution in [1.29, 1.82) is 0 Å². The summed E-state index contributed by atoms with van der Waals surface area (Å²) in [5, 5.41) is 4.21. The average molecular weight is 473 g/mol. The second-order valence-electron chi connectivity index (χ2n) is 5.63. The van der Waals surface area contributed by atoms with Crippen molar-refractivity contribution < 1.29 is 31.1 Å². The van der Waals surface area contributed by atoms with E-state index in [9.17, 15) is 35.9 Å². The number of nitrogens with zero attached hydrogens (tertiary/aromatic N) is 4. The number of rotatable bonds is 3. The van der Waals surface area contributed by atoms with E-state index in [1.165, 1.54) is 0 Å². The monoisotopic (exact) mass is 472 g/mol. The van der Waals surface area contributed by atoms with Gasteiger partial charge in [0.1, 0.15) is 5.69 Å². The molecule has 0 spiro atoms. The molecule has 3 rings (SSSR count). The van der Waals surface area contributed by atoms with Crippen molar-refractivity contribution in [3.8, 4) is 16.6 Å². The molecule has 0 fully saturated rings. The number of alkyl halides is 6. The van der Waals surface area contributed by atoms with Gasteiger partial charge in [-0.25, -0.2) is 9.36 Å². The fourth-order valence-electron chi connectivity index (χ4n) is 2.30. The molecule has 0 radical (unpaired) electrons. The van der Waals surface area contributed by atoms with E-state index in [0.29, 0.717) is 4.57 Å². The Morgan fingerprint density at radius 2 is 1.70 bits per heavy atom. The zero-order chi connectivity index (χ0) is 22.4. The molecule has 15 heteroatoms. The number of halogens is 7. The van der Waals surface area contributed by atoms with Crippen molar-refractivity contribution in [2.45, 2.75) is 12.4 Å². The zero-order valence-electron chi connectivity index (χ0n) is 14.4. The Hall–Kier alpha value is -2.87. The summed E-state index contributed by atoms with van der Waals surface area (Å²) in [5.41, 5.74) is -4.27. The summed E-state index contributed by atoms with van der Waals surface area (Å²) >= 11 is 5.99. The van der Waals surface area contributed by atoms with Gasteiger partial charge in [0.15, 0.2) is 5.75 Å². The highest BCUT2D eigenvalue weighted by atomic mass is 35.5. The number of hydrogen-bond acceptors (Lipinski definition) is 6. The Morgan fingerprint density at radius 1 is 1.03 bits per heavy atom. The first-order valence-electron chi connectivity index (χ1n) is 7.58. The molecule has 0 bridgehead atoms. The van der Waals surface area contributed by atoms with E-state index in [0.717, 1.165) is 25.2 Å². The van der Waals surface area contributed by atoms with Crippen molar-refractivity contribution in [3.63, 3.8) is 0 Å². The molecule has 0 aliphatic carbocycles. The minimum Gasteiger partial charge on any atom is -0.428 e. The lowest BCUT2D eigenvalue weighted by Crippen LogP contribution is -2.40. The highest BCUT2D eigenvalue weighted by Gasteiger charge is 2.36. The molecule has 0 saturated carbocycles. The van der Waals surface area contributed by atoms with Crippen LogP contribution < -0.4 is 16.0 Å². The van der Waals surface area contributed by atoms with Crippen molar-refractivity contribution in [2.75, 3.05) is 0 Å². The minimum absolute atomic E-state index is 0.0710.